The standard InChI is InChI=1S/C28H45N7O8/c1-16(2)13-18(15-24(38)35-43)26(40)34-22(14-17-6-8-19(36)9-7-17)28(42)33-21(10-11-23(30)37)27(41)32-20(25(31)39)5-3-4-12-29/h6-9,16,18,20-22,36,43H,3-5,10-15,29H2,1-2H3,(H2,30,37)(H2,31,39)(H,32,41)(H,33,42)(H,34,40)(H,35,38)/t18-,20+,21+,22+/m1/s1. The largest absolute Gasteiger partial charge is 0.508 e. The average Bonchev–Trinajstić information content (AvgIpc) is 2.94. The summed E-state index contributed by atoms with van der Waals surface area (Å²) in [5.41, 5.74) is 18.3. The van der Waals surface area contributed by atoms with E-state index in [2.05, 4.69) is 16.0 Å². The number of hydrogen-bond acceptors (Lipinski definition) is 9. The van der Waals surface area contributed by atoms with Gasteiger partial charge in [-0.1, -0.05) is 26.0 Å². The van der Waals surface area contributed by atoms with Gasteiger partial charge in [-0.3, -0.25) is 34.0 Å². The van der Waals surface area contributed by atoms with E-state index in [9.17, 15) is 33.9 Å². The molecule has 0 aliphatic rings. The minimum Gasteiger partial charge on any atom is -0.508 e. The van der Waals surface area contributed by atoms with Crippen LogP contribution < -0.4 is 38.6 Å². The lowest BCUT2D eigenvalue weighted by molar-refractivity contribution is -0.137. The number of carbonyl (C=O) groups excluding carboxylic acids is 6. The Hall–Kier alpha value is -4.24. The van der Waals surface area contributed by atoms with Crippen LogP contribution in [-0.2, 0) is 35.2 Å². The van der Waals surface area contributed by atoms with Crippen LogP contribution in [0.1, 0.15) is 64.4 Å². The van der Waals surface area contributed by atoms with Crippen LogP contribution in [0, 0.1) is 11.8 Å². The predicted molar refractivity (Wildman–Crippen MR) is 156 cm³/mol. The molecule has 0 saturated carbocycles. The summed E-state index contributed by atoms with van der Waals surface area (Å²) in [6.07, 6.45) is 0.722. The SMILES string of the molecule is CC(C)C[C@H](CC(=O)NO)C(=O)N[C@@H](Cc1ccc(O)cc1)C(=O)N[C@@H](CCC(N)=O)C(=O)N[C@@H](CCCCN)C(N)=O. The van der Waals surface area contributed by atoms with Crippen molar-refractivity contribution in [3.05, 3.63) is 29.8 Å². The van der Waals surface area contributed by atoms with Gasteiger partial charge in [0.1, 0.15) is 23.9 Å². The molecule has 0 radical (unpaired) electrons. The van der Waals surface area contributed by atoms with Gasteiger partial charge in [-0.2, -0.15) is 0 Å². The second-order valence-electron chi connectivity index (χ2n) is 10.8. The van der Waals surface area contributed by atoms with E-state index >= 15 is 0 Å². The molecule has 4 atom stereocenters. The molecule has 0 aliphatic carbocycles. The molecule has 15 heteroatoms. The highest BCUT2D eigenvalue weighted by Gasteiger charge is 2.31. The lowest BCUT2D eigenvalue weighted by Crippen LogP contribution is -2.57. The van der Waals surface area contributed by atoms with Gasteiger partial charge >= 0.3 is 0 Å². The van der Waals surface area contributed by atoms with Gasteiger partial charge in [0.05, 0.1) is 0 Å². The van der Waals surface area contributed by atoms with Crippen molar-refractivity contribution in [1.82, 2.24) is 21.4 Å². The van der Waals surface area contributed by atoms with Crippen molar-refractivity contribution >= 4 is 35.4 Å². The minimum absolute atomic E-state index is 0.00320. The molecule has 1 aromatic carbocycles. The Labute approximate surface area is 250 Å². The van der Waals surface area contributed by atoms with Gasteiger partial charge in [0, 0.05) is 25.2 Å². The number of nitrogens with two attached hydrogens (primary N) is 3. The zero-order valence-electron chi connectivity index (χ0n) is 24.6. The van der Waals surface area contributed by atoms with Crippen molar-refractivity contribution in [1.29, 1.82) is 0 Å². The minimum atomic E-state index is -1.32. The second-order valence-corrected chi connectivity index (χ2v) is 10.8. The van der Waals surface area contributed by atoms with Crippen LogP contribution >= 0.6 is 0 Å². The van der Waals surface area contributed by atoms with Crippen molar-refractivity contribution in [3.63, 3.8) is 0 Å². The summed E-state index contributed by atoms with van der Waals surface area (Å²) >= 11 is 0. The van der Waals surface area contributed by atoms with Crippen LogP contribution in [0.3, 0.4) is 0 Å². The molecular formula is C28H45N7O8. The molecule has 15 nitrogen and oxygen atoms in total. The molecule has 1 aromatic rings. The van der Waals surface area contributed by atoms with Gasteiger partial charge < -0.3 is 38.3 Å². The third-order valence-electron chi connectivity index (χ3n) is 6.61. The number of unbranched alkanes of at least 4 members (excludes halogenated alkanes) is 1. The number of primary amides is 2. The quantitative estimate of drug-likeness (QED) is 0.0490. The third-order valence-corrected chi connectivity index (χ3v) is 6.61. The fraction of sp³-hybridized carbons (Fsp3) is 0.571. The summed E-state index contributed by atoms with van der Waals surface area (Å²) in [4.78, 5) is 75.3. The van der Waals surface area contributed by atoms with Crippen molar-refractivity contribution in [2.45, 2.75) is 83.3 Å². The summed E-state index contributed by atoms with van der Waals surface area (Å²) < 4.78 is 0. The average molecular weight is 608 g/mol. The number of carbonyl (C=O) groups is 6. The van der Waals surface area contributed by atoms with E-state index in [0.29, 0.717) is 24.9 Å². The first-order valence-electron chi connectivity index (χ1n) is 14.2. The highest BCUT2D eigenvalue weighted by molar-refractivity contribution is 5.95. The van der Waals surface area contributed by atoms with E-state index in [4.69, 9.17) is 22.4 Å². The Morgan fingerprint density at radius 3 is 1.93 bits per heavy atom. The van der Waals surface area contributed by atoms with Gasteiger partial charge in [0.2, 0.25) is 35.4 Å². The van der Waals surface area contributed by atoms with Crippen LogP contribution in [0.5, 0.6) is 5.75 Å². The predicted octanol–water partition coefficient (Wildman–Crippen LogP) is -1.17. The zero-order valence-corrected chi connectivity index (χ0v) is 24.6. The Kier molecular flexibility index (Phi) is 16.3. The van der Waals surface area contributed by atoms with Crippen molar-refractivity contribution in [3.8, 4) is 5.75 Å². The van der Waals surface area contributed by atoms with Crippen LogP contribution in [0.15, 0.2) is 24.3 Å². The number of benzene rings is 1. The van der Waals surface area contributed by atoms with Crippen LogP contribution in [-0.4, -0.2) is 70.4 Å². The lowest BCUT2D eigenvalue weighted by atomic mass is 9.92. The van der Waals surface area contributed by atoms with Crippen LogP contribution in [0.4, 0.5) is 0 Å². The number of hydroxylamine groups is 1. The van der Waals surface area contributed by atoms with E-state index in [1.807, 2.05) is 13.8 Å². The second kappa shape index (κ2) is 19.0. The van der Waals surface area contributed by atoms with E-state index in [1.165, 1.54) is 17.6 Å². The molecule has 0 aromatic heterocycles. The van der Waals surface area contributed by atoms with E-state index in [0.717, 1.165) is 0 Å². The fourth-order valence-corrected chi connectivity index (χ4v) is 4.37. The molecule has 0 saturated heterocycles. The number of phenols is 1. The summed E-state index contributed by atoms with van der Waals surface area (Å²) in [7, 11) is 0. The maximum Gasteiger partial charge on any atom is 0.244 e. The molecule has 0 spiro atoms. The smallest absolute Gasteiger partial charge is 0.244 e. The molecule has 6 amide bonds. The van der Waals surface area contributed by atoms with Crippen LogP contribution in [0.2, 0.25) is 0 Å². The molecule has 1 rings (SSSR count). The molecule has 0 aliphatic heterocycles. The van der Waals surface area contributed by atoms with Gasteiger partial charge in [-0.05, 0) is 62.3 Å². The number of hydrogen-bond donors (Lipinski definition) is 9. The molecule has 0 unspecified atom stereocenters. The number of phenolic OH excluding ortho intramolecular Hbond substituents is 1. The number of nitrogens with one attached hydrogen (secondary N) is 4. The van der Waals surface area contributed by atoms with Crippen molar-refractivity contribution in [2.75, 3.05) is 6.54 Å². The first-order chi connectivity index (χ1) is 20.3. The Balaban J connectivity index is 3.27. The van der Waals surface area contributed by atoms with Crippen LogP contribution in [0.25, 0.3) is 0 Å². The van der Waals surface area contributed by atoms with Gasteiger partial charge in [-0.25, -0.2) is 5.48 Å². The maximum atomic E-state index is 13.6. The maximum absolute atomic E-state index is 13.6. The Morgan fingerprint density at radius 1 is 0.814 bits per heavy atom. The fourth-order valence-electron chi connectivity index (χ4n) is 4.37. The van der Waals surface area contributed by atoms with E-state index in [-0.39, 0.29) is 50.2 Å². The lowest BCUT2D eigenvalue weighted by Gasteiger charge is -2.26. The monoisotopic (exact) mass is 607 g/mol. The molecule has 0 fully saturated rings. The molecule has 0 bridgehead atoms. The van der Waals surface area contributed by atoms with Crippen molar-refractivity contribution in [2.24, 2.45) is 29.0 Å². The van der Waals surface area contributed by atoms with Gasteiger partial charge in [0.15, 0.2) is 0 Å². The Morgan fingerprint density at radius 2 is 1.40 bits per heavy atom. The summed E-state index contributed by atoms with van der Waals surface area (Å²) in [6.45, 7) is 4.07. The number of amides is 6. The van der Waals surface area contributed by atoms with E-state index in [1.54, 1.807) is 12.1 Å². The Bertz CT molecular complexity index is 1100. The normalized spacial score (nSPS) is 13.7. The van der Waals surface area contributed by atoms with Gasteiger partial charge in [0.25, 0.3) is 0 Å². The third kappa shape index (κ3) is 14.5. The molecule has 240 valence electrons. The van der Waals surface area contributed by atoms with Crippen molar-refractivity contribution < 1.29 is 39.1 Å². The number of aromatic hydroxyl groups is 1. The zero-order chi connectivity index (χ0) is 32.5. The summed E-state index contributed by atoms with van der Waals surface area (Å²) in [5, 5.41) is 26.3. The number of rotatable bonds is 20. The molecule has 12 N–H and O–H groups in total. The first-order valence-corrected chi connectivity index (χ1v) is 14.2. The summed E-state index contributed by atoms with van der Waals surface area (Å²) in [5.74, 6) is -5.41. The highest BCUT2D eigenvalue weighted by Crippen LogP contribution is 2.17. The highest BCUT2D eigenvalue weighted by atomic mass is 16.5. The summed E-state index contributed by atoms with van der Waals surface area (Å²) in [6, 6.07) is 2.26. The molecule has 0 heterocycles. The van der Waals surface area contributed by atoms with E-state index < -0.39 is 59.5 Å². The molecule has 43 heavy (non-hydrogen) atoms. The van der Waals surface area contributed by atoms with Gasteiger partial charge in [-0.15, -0.1) is 0 Å². The first kappa shape index (κ1) is 36.8. The topological polar surface area (TPSA) is 269 Å². The molecular weight excluding hydrogens is 562 g/mol.